The number of hydrogen-bond acceptors (Lipinski definition) is 5. The van der Waals surface area contributed by atoms with Crippen molar-refractivity contribution in [2.75, 3.05) is 20.0 Å². The monoisotopic (exact) mass is 301 g/mol. The topological polar surface area (TPSA) is 110 Å². The van der Waals surface area contributed by atoms with E-state index in [1.165, 1.54) is 31.4 Å². The second-order valence-corrected chi connectivity index (χ2v) is 6.13. The van der Waals surface area contributed by atoms with Crippen LogP contribution < -0.4 is 5.32 Å². The number of amides is 1. The zero-order valence-corrected chi connectivity index (χ0v) is 11.8. The predicted octanol–water partition coefficient (Wildman–Crippen LogP) is -0.0805. The first-order valence-electron chi connectivity index (χ1n) is 5.58. The first-order chi connectivity index (χ1) is 9.25. The van der Waals surface area contributed by atoms with Crippen LogP contribution in [0, 0.1) is 0 Å². The Kier molecular flexibility index (Phi) is 5.23. The quantitative estimate of drug-likeness (QED) is 0.760. The van der Waals surface area contributed by atoms with E-state index in [2.05, 4.69) is 5.32 Å². The number of benzene rings is 1. The van der Waals surface area contributed by atoms with Crippen molar-refractivity contribution < 1.29 is 27.9 Å². The molecule has 0 aliphatic rings. The number of carboxylic acids is 1. The summed E-state index contributed by atoms with van der Waals surface area (Å²) in [7, 11) is -2.01. The molecule has 0 spiro atoms. The minimum Gasteiger partial charge on any atom is -0.480 e. The molecule has 0 aliphatic carbocycles. The number of hydrogen-bond donors (Lipinski definition) is 2. The van der Waals surface area contributed by atoms with Crippen molar-refractivity contribution in [1.29, 1.82) is 0 Å². The summed E-state index contributed by atoms with van der Waals surface area (Å²) < 4.78 is 27.2. The third-order valence-corrected chi connectivity index (χ3v) is 3.61. The smallest absolute Gasteiger partial charge is 0.328 e. The van der Waals surface area contributed by atoms with Gasteiger partial charge in [0, 0.05) is 18.9 Å². The Balaban J connectivity index is 2.85. The first-order valence-corrected chi connectivity index (χ1v) is 7.47. The van der Waals surface area contributed by atoms with Crippen LogP contribution in [0.4, 0.5) is 0 Å². The zero-order valence-electron chi connectivity index (χ0n) is 11.0. The molecule has 0 saturated heterocycles. The molecule has 1 unspecified atom stereocenters. The maximum absolute atomic E-state index is 11.8. The molecule has 0 heterocycles. The first kappa shape index (κ1) is 16.1. The lowest BCUT2D eigenvalue weighted by Gasteiger charge is -2.13. The highest BCUT2D eigenvalue weighted by atomic mass is 32.2. The fourth-order valence-corrected chi connectivity index (χ4v) is 2.07. The van der Waals surface area contributed by atoms with Gasteiger partial charge in [-0.05, 0) is 24.3 Å². The van der Waals surface area contributed by atoms with E-state index in [9.17, 15) is 18.0 Å². The van der Waals surface area contributed by atoms with Crippen LogP contribution in [-0.4, -0.2) is 51.4 Å². The average molecular weight is 301 g/mol. The van der Waals surface area contributed by atoms with Crippen molar-refractivity contribution in [3.8, 4) is 0 Å². The van der Waals surface area contributed by atoms with Gasteiger partial charge < -0.3 is 15.2 Å². The second kappa shape index (κ2) is 6.49. The van der Waals surface area contributed by atoms with Gasteiger partial charge in [-0.25, -0.2) is 13.2 Å². The summed E-state index contributed by atoms with van der Waals surface area (Å²) in [6, 6.07) is 4.05. The van der Waals surface area contributed by atoms with Crippen LogP contribution in [0.2, 0.25) is 0 Å². The summed E-state index contributed by atoms with van der Waals surface area (Å²) in [5, 5.41) is 11.2. The molecular formula is C12H15NO6S. The summed E-state index contributed by atoms with van der Waals surface area (Å²) in [6.07, 6.45) is 1.06. The van der Waals surface area contributed by atoms with Crippen LogP contribution in [0.15, 0.2) is 29.2 Å². The van der Waals surface area contributed by atoms with E-state index in [0.29, 0.717) is 0 Å². The molecule has 0 aliphatic heterocycles. The number of carboxylic acid groups (broad SMARTS) is 1. The average Bonchev–Trinajstić information content (AvgIpc) is 2.37. The highest BCUT2D eigenvalue weighted by molar-refractivity contribution is 7.90. The molecule has 1 amide bonds. The Labute approximate surface area is 116 Å². The molecule has 0 aromatic heterocycles. The molecule has 7 nitrogen and oxygen atoms in total. The lowest BCUT2D eigenvalue weighted by Crippen LogP contribution is -2.43. The largest absolute Gasteiger partial charge is 0.480 e. The van der Waals surface area contributed by atoms with E-state index in [4.69, 9.17) is 9.84 Å². The molecule has 1 aromatic carbocycles. The van der Waals surface area contributed by atoms with Gasteiger partial charge >= 0.3 is 5.97 Å². The van der Waals surface area contributed by atoms with Gasteiger partial charge in [-0.3, -0.25) is 4.79 Å². The Bertz CT molecular complexity index is 593. The molecule has 0 saturated carbocycles. The highest BCUT2D eigenvalue weighted by Crippen LogP contribution is 2.10. The number of ether oxygens (including phenoxy) is 1. The Morgan fingerprint density at radius 3 is 2.25 bits per heavy atom. The van der Waals surface area contributed by atoms with Crippen molar-refractivity contribution in [3.05, 3.63) is 29.8 Å². The molecule has 8 heteroatoms. The van der Waals surface area contributed by atoms with Crippen molar-refractivity contribution in [1.82, 2.24) is 5.32 Å². The third-order valence-electron chi connectivity index (χ3n) is 2.48. The van der Waals surface area contributed by atoms with E-state index in [1.54, 1.807) is 0 Å². The van der Waals surface area contributed by atoms with Gasteiger partial charge in [0.25, 0.3) is 5.91 Å². The normalized spacial score (nSPS) is 12.7. The van der Waals surface area contributed by atoms with Gasteiger partial charge in [-0.2, -0.15) is 0 Å². The van der Waals surface area contributed by atoms with Crippen molar-refractivity contribution in [2.24, 2.45) is 0 Å². The van der Waals surface area contributed by atoms with Crippen molar-refractivity contribution >= 4 is 21.7 Å². The maximum Gasteiger partial charge on any atom is 0.328 e. The SMILES string of the molecule is COCC(NC(=O)c1ccc(S(C)(=O)=O)cc1)C(=O)O. The Hall–Kier alpha value is -1.93. The summed E-state index contributed by atoms with van der Waals surface area (Å²) in [5.41, 5.74) is 0.166. The van der Waals surface area contributed by atoms with Gasteiger partial charge in [0.1, 0.15) is 0 Å². The van der Waals surface area contributed by atoms with Gasteiger partial charge in [0.05, 0.1) is 11.5 Å². The van der Waals surface area contributed by atoms with E-state index < -0.39 is 27.8 Å². The number of carbonyl (C=O) groups excluding carboxylic acids is 1. The molecule has 0 radical (unpaired) electrons. The van der Waals surface area contributed by atoms with Gasteiger partial charge in [0.15, 0.2) is 15.9 Å². The Morgan fingerprint density at radius 1 is 1.30 bits per heavy atom. The lowest BCUT2D eigenvalue weighted by atomic mass is 10.2. The van der Waals surface area contributed by atoms with Crippen molar-refractivity contribution in [2.45, 2.75) is 10.9 Å². The standard InChI is InChI=1S/C12H15NO6S/c1-19-7-10(12(15)16)13-11(14)8-3-5-9(6-4-8)20(2,17)18/h3-6,10H,7H2,1-2H3,(H,13,14)(H,15,16). The fraction of sp³-hybridized carbons (Fsp3) is 0.333. The minimum atomic E-state index is -3.34. The van der Waals surface area contributed by atoms with E-state index in [0.717, 1.165) is 6.26 Å². The fourth-order valence-electron chi connectivity index (χ4n) is 1.44. The van der Waals surface area contributed by atoms with E-state index >= 15 is 0 Å². The van der Waals surface area contributed by atoms with E-state index in [1.807, 2.05) is 0 Å². The molecule has 1 rings (SSSR count). The van der Waals surface area contributed by atoms with Crippen molar-refractivity contribution in [3.63, 3.8) is 0 Å². The molecule has 110 valence electrons. The molecule has 0 fully saturated rings. The van der Waals surface area contributed by atoms with Crippen LogP contribution >= 0.6 is 0 Å². The summed E-state index contributed by atoms with van der Waals surface area (Å²) in [4.78, 5) is 22.8. The summed E-state index contributed by atoms with van der Waals surface area (Å²) in [5.74, 6) is -1.83. The lowest BCUT2D eigenvalue weighted by molar-refractivity contribution is -0.140. The van der Waals surface area contributed by atoms with E-state index in [-0.39, 0.29) is 17.1 Å². The molecule has 1 aromatic rings. The highest BCUT2D eigenvalue weighted by Gasteiger charge is 2.20. The number of carbonyl (C=O) groups is 2. The molecule has 20 heavy (non-hydrogen) atoms. The van der Waals surface area contributed by atoms with Crippen LogP contribution in [-0.2, 0) is 19.4 Å². The predicted molar refractivity (Wildman–Crippen MR) is 70.3 cm³/mol. The minimum absolute atomic E-state index is 0.0840. The van der Waals surface area contributed by atoms with Gasteiger partial charge in [0.2, 0.25) is 0 Å². The van der Waals surface area contributed by atoms with Crippen LogP contribution in [0.5, 0.6) is 0 Å². The second-order valence-electron chi connectivity index (χ2n) is 4.12. The van der Waals surface area contributed by atoms with Crippen LogP contribution in [0.25, 0.3) is 0 Å². The van der Waals surface area contributed by atoms with Crippen LogP contribution in [0.3, 0.4) is 0 Å². The number of nitrogens with one attached hydrogen (secondary N) is 1. The Morgan fingerprint density at radius 2 is 1.85 bits per heavy atom. The number of methoxy groups -OCH3 is 1. The number of sulfone groups is 1. The molecule has 0 bridgehead atoms. The number of aliphatic carboxylic acids is 1. The third kappa shape index (κ3) is 4.32. The summed E-state index contributed by atoms with van der Waals surface area (Å²) >= 11 is 0. The molecular weight excluding hydrogens is 286 g/mol. The van der Waals surface area contributed by atoms with Gasteiger partial charge in [-0.1, -0.05) is 0 Å². The van der Waals surface area contributed by atoms with Crippen LogP contribution in [0.1, 0.15) is 10.4 Å². The van der Waals surface area contributed by atoms with Gasteiger partial charge in [-0.15, -0.1) is 0 Å². The maximum atomic E-state index is 11.8. The molecule has 1 atom stereocenters. The molecule has 2 N–H and O–H groups in total. The number of rotatable bonds is 6. The zero-order chi connectivity index (χ0) is 15.3. The summed E-state index contributed by atoms with van der Waals surface area (Å²) in [6.45, 7) is -0.164.